The Kier molecular flexibility index (Phi) is 9.44. The van der Waals surface area contributed by atoms with Crippen LogP contribution in [0.1, 0.15) is 33.6 Å². The number of amides is 1. The van der Waals surface area contributed by atoms with Gasteiger partial charge in [0.2, 0.25) is 5.91 Å². The summed E-state index contributed by atoms with van der Waals surface area (Å²) in [7, 11) is -1.28. The van der Waals surface area contributed by atoms with Crippen molar-refractivity contribution in [3.05, 3.63) is 0 Å². The van der Waals surface area contributed by atoms with E-state index in [2.05, 4.69) is 5.32 Å². The second kappa shape index (κ2) is 10.2. The Labute approximate surface area is 126 Å². The van der Waals surface area contributed by atoms with Crippen LogP contribution in [0, 0.1) is 5.41 Å². The highest BCUT2D eigenvalue weighted by Gasteiger charge is 2.24. The number of hydrogen-bond acceptors (Lipinski definition) is 6. The number of Topliss-reactive ketones (excluding diaryl/α,β-unsaturated/α-hetero) is 1. The quantitative estimate of drug-likeness (QED) is 0.441. The molecule has 1 unspecified atom stereocenters. The van der Waals surface area contributed by atoms with Crippen molar-refractivity contribution in [2.75, 3.05) is 11.5 Å². The molecule has 8 heteroatoms. The van der Waals surface area contributed by atoms with E-state index >= 15 is 0 Å². The van der Waals surface area contributed by atoms with E-state index in [4.69, 9.17) is 10.1 Å². The summed E-state index contributed by atoms with van der Waals surface area (Å²) in [6, 6.07) is -0.974. The van der Waals surface area contributed by atoms with E-state index in [0.717, 1.165) is 0 Å². The molecule has 120 valence electrons. The van der Waals surface area contributed by atoms with Crippen LogP contribution in [0.2, 0.25) is 0 Å². The van der Waals surface area contributed by atoms with Gasteiger partial charge in [-0.1, -0.05) is 6.92 Å². The van der Waals surface area contributed by atoms with E-state index in [9.17, 15) is 18.6 Å². The molecule has 7 nitrogen and oxygen atoms in total. The molecule has 0 spiro atoms. The van der Waals surface area contributed by atoms with E-state index in [1.165, 1.54) is 0 Å². The molecule has 2 N–H and O–H groups in total. The number of esters is 1. The molecule has 0 aliphatic heterocycles. The zero-order valence-corrected chi connectivity index (χ0v) is 13.3. The Bertz CT molecular complexity index is 423. The third kappa shape index (κ3) is 9.06. The molecular formula is C13H22N2O5S. The Morgan fingerprint density at radius 1 is 1.33 bits per heavy atom. The monoisotopic (exact) mass is 318 g/mol. The van der Waals surface area contributed by atoms with Crippen LogP contribution in [0.4, 0.5) is 0 Å². The Hall–Kier alpha value is -1.57. The molecule has 0 rings (SSSR count). The van der Waals surface area contributed by atoms with Gasteiger partial charge >= 0.3 is 5.97 Å². The SMILES string of the molecule is CCS(=O)CC(=O)N[C@@H](CCC(=O)C=N)C(=O)OC(C)C. The molecule has 0 aromatic heterocycles. The Balaban J connectivity index is 4.66. The number of ether oxygens (including phenoxy) is 1. The minimum Gasteiger partial charge on any atom is -0.461 e. The molecule has 0 radical (unpaired) electrons. The number of carbonyl (C=O) groups is 3. The number of nitrogens with one attached hydrogen (secondary N) is 2. The molecule has 2 atom stereocenters. The van der Waals surface area contributed by atoms with Crippen molar-refractivity contribution in [2.24, 2.45) is 0 Å². The van der Waals surface area contributed by atoms with Crippen LogP contribution in [0.15, 0.2) is 0 Å². The van der Waals surface area contributed by atoms with Crippen molar-refractivity contribution in [2.45, 2.75) is 45.8 Å². The largest absolute Gasteiger partial charge is 0.461 e. The molecule has 0 aliphatic carbocycles. The summed E-state index contributed by atoms with van der Waals surface area (Å²) in [6.07, 6.45) is 0.321. The van der Waals surface area contributed by atoms with Gasteiger partial charge in [-0.05, 0) is 20.3 Å². The van der Waals surface area contributed by atoms with Crippen molar-refractivity contribution in [1.82, 2.24) is 5.32 Å². The molecule has 0 heterocycles. The third-order valence-electron chi connectivity index (χ3n) is 2.43. The molecule has 0 bridgehead atoms. The maximum Gasteiger partial charge on any atom is 0.328 e. The molecule has 0 aliphatic rings. The fourth-order valence-corrected chi connectivity index (χ4v) is 1.99. The summed E-state index contributed by atoms with van der Waals surface area (Å²) in [5.41, 5.74) is 0. The summed E-state index contributed by atoms with van der Waals surface area (Å²) in [4.78, 5) is 34.7. The summed E-state index contributed by atoms with van der Waals surface area (Å²) in [6.45, 7) is 5.04. The number of hydrogen-bond donors (Lipinski definition) is 2. The topological polar surface area (TPSA) is 113 Å². The smallest absolute Gasteiger partial charge is 0.328 e. The van der Waals surface area contributed by atoms with Crippen LogP contribution in [-0.2, 0) is 29.9 Å². The summed E-state index contributed by atoms with van der Waals surface area (Å²) >= 11 is 0. The van der Waals surface area contributed by atoms with E-state index < -0.39 is 34.5 Å². The van der Waals surface area contributed by atoms with Crippen molar-refractivity contribution < 1.29 is 23.3 Å². The van der Waals surface area contributed by atoms with E-state index in [-0.39, 0.29) is 24.7 Å². The molecule has 0 fully saturated rings. The maximum absolute atomic E-state index is 11.9. The van der Waals surface area contributed by atoms with Gasteiger partial charge in [-0.3, -0.25) is 13.8 Å². The highest BCUT2D eigenvalue weighted by molar-refractivity contribution is 7.85. The average Bonchev–Trinajstić information content (AvgIpc) is 2.41. The van der Waals surface area contributed by atoms with Gasteiger partial charge in [0.05, 0.1) is 12.3 Å². The van der Waals surface area contributed by atoms with Crippen LogP contribution in [-0.4, -0.2) is 51.7 Å². The molecule has 0 saturated carbocycles. The first kappa shape index (κ1) is 19.4. The number of ketones is 1. The van der Waals surface area contributed by atoms with Gasteiger partial charge in [0.15, 0.2) is 5.78 Å². The van der Waals surface area contributed by atoms with Gasteiger partial charge in [0.1, 0.15) is 11.8 Å². The molecule has 21 heavy (non-hydrogen) atoms. The lowest BCUT2D eigenvalue weighted by atomic mass is 10.1. The average molecular weight is 318 g/mol. The van der Waals surface area contributed by atoms with E-state index in [0.29, 0.717) is 12.0 Å². The fraction of sp³-hybridized carbons (Fsp3) is 0.692. The van der Waals surface area contributed by atoms with Gasteiger partial charge in [0.25, 0.3) is 0 Å². The minimum absolute atomic E-state index is 0.0431. The number of carbonyl (C=O) groups excluding carboxylic acids is 3. The summed E-state index contributed by atoms with van der Waals surface area (Å²) in [5.74, 6) is -1.45. The first-order valence-electron chi connectivity index (χ1n) is 6.68. The Morgan fingerprint density at radius 2 is 1.95 bits per heavy atom. The predicted octanol–water partition coefficient (Wildman–Crippen LogP) is 0.190. The molecular weight excluding hydrogens is 296 g/mol. The second-order valence-corrected chi connectivity index (χ2v) is 6.37. The lowest BCUT2D eigenvalue weighted by Gasteiger charge is -2.18. The van der Waals surface area contributed by atoms with E-state index in [1.54, 1.807) is 20.8 Å². The standard InChI is InChI=1S/C13H22N2O5S/c1-4-21(19)8-12(17)15-11(6-5-10(16)7-14)13(18)20-9(2)3/h7,9,11,14H,4-6,8H2,1-3H3,(H,15,17)/t11-,21?/m0/s1. The highest BCUT2D eigenvalue weighted by atomic mass is 32.2. The van der Waals surface area contributed by atoms with Gasteiger partial charge in [0, 0.05) is 23.0 Å². The normalized spacial score (nSPS) is 13.3. The zero-order chi connectivity index (χ0) is 16.4. The summed E-state index contributed by atoms with van der Waals surface area (Å²) < 4.78 is 16.3. The van der Waals surface area contributed by atoms with Crippen molar-refractivity contribution >= 4 is 34.7 Å². The van der Waals surface area contributed by atoms with Crippen molar-refractivity contribution in [3.63, 3.8) is 0 Å². The van der Waals surface area contributed by atoms with E-state index in [1.807, 2.05) is 0 Å². The first-order valence-corrected chi connectivity index (χ1v) is 8.17. The number of rotatable bonds is 10. The molecule has 1 amide bonds. The lowest BCUT2D eigenvalue weighted by molar-refractivity contribution is -0.151. The maximum atomic E-state index is 11.9. The fourth-order valence-electron chi connectivity index (χ4n) is 1.41. The van der Waals surface area contributed by atoms with Crippen LogP contribution in [0.25, 0.3) is 0 Å². The van der Waals surface area contributed by atoms with Crippen molar-refractivity contribution in [3.8, 4) is 0 Å². The zero-order valence-electron chi connectivity index (χ0n) is 12.5. The van der Waals surface area contributed by atoms with Gasteiger partial charge in [-0.15, -0.1) is 0 Å². The Morgan fingerprint density at radius 3 is 2.43 bits per heavy atom. The van der Waals surface area contributed by atoms with Crippen molar-refractivity contribution in [1.29, 1.82) is 5.41 Å². The lowest BCUT2D eigenvalue weighted by Crippen LogP contribution is -2.44. The van der Waals surface area contributed by atoms with Gasteiger partial charge < -0.3 is 15.5 Å². The van der Waals surface area contributed by atoms with Gasteiger partial charge in [-0.2, -0.15) is 0 Å². The van der Waals surface area contributed by atoms with Gasteiger partial charge in [-0.25, -0.2) is 4.79 Å². The predicted molar refractivity (Wildman–Crippen MR) is 79.7 cm³/mol. The van der Waals surface area contributed by atoms with Crippen LogP contribution < -0.4 is 5.32 Å². The molecule has 0 aromatic carbocycles. The van der Waals surface area contributed by atoms with Crippen LogP contribution in [0.3, 0.4) is 0 Å². The molecule has 0 aromatic rings. The summed E-state index contributed by atoms with van der Waals surface area (Å²) in [5, 5.41) is 9.25. The van der Waals surface area contributed by atoms with Crippen LogP contribution >= 0.6 is 0 Å². The minimum atomic E-state index is -1.28. The second-order valence-electron chi connectivity index (χ2n) is 4.63. The third-order valence-corrected chi connectivity index (χ3v) is 3.65. The van der Waals surface area contributed by atoms with Crippen LogP contribution in [0.5, 0.6) is 0 Å². The first-order chi connectivity index (χ1) is 9.79. The highest BCUT2D eigenvalue weighted by Crippen LogP contribution is 2.03. The molecule has 0 saturated heterocycles.